The standard InChI is InChI=1S/C11H13F3N2/c1-4-5-15-10-7(2)6-9(11(12,13)14)16-8(10)3/h4,6,15H,1,5H2,2-3H3. The van der Waals surface area contributed by atoms with Crippen LogP contribution in [0.5, 0.6) is 0 Å². The maximum Gasteiger partial charge on any atom is 0.433 e. The first-order valence-electron chi connectivity index (χ1n) is 4.76. The van der Waals surface area contributed by atoms with E-state index in [0.717, 1.165) is 6.07 Å². The summed E-state index contributed by atoms with van der Waals surface area (Å²) in [5.41, 5.74) is 0.649. The zero-order chi connectivity index (χ0) is 12.3. The summed E-state index contributed by atoms with van der Waals surface area (Å²) in [5.74, 6) is 0. The van der Waals surface area contributed by atoms with Crippen LogP contribution in [0.3, 0.4) is 0 Å². The summed E-state index contributed by atoms with van der Waals surface area (Å²) in [6, 6.07) is 1.04. The van der Waals surface area contributed by atoms with Crippen molar-refractivity contribution in [2.24, 2.45) is 0 Å². The molecule has 0 aliphatic heterocycles. The predicted octanol–water partition coefficient (Wildman–Crippen LogP) is 3.32. The lowest BCUT2D eigenvalue weighted by Gasteiger charge is -2.14. The fourth-order valence-electron chi connectivity index (χ4n) is 1.42. The number of alkyl halides is 3. The molecule has 1 aromatic rings. The smallest absolute Gasteiger partial charge is 0.380 e. The first-order chi connectivity index (χ1) is 7.36. The van der Waals surface area contributed by atoms with Crippen LogP contribution in [0.1, 0.15) is 17.0 Å². The van der Waals surface area contributed by atoms with E-state index in [0.29, 0.717) is 23.5 Å². The van der Waals surface area contributed by atoms with Crippen LogP contribution in [0.15, 0.2) is 18.7 Å². The van der Waals surface area contributed by atoms with E-state index in [1.165, 1.54) is 0 Å². The molecule has 0 aliphatic carbocycles. The van der Waals surface area contributed by atoms with Crippen molar-refractivity contribution in [3.8, 4) is 0 Å². The van der Waals surface area contributed by atoms with E-state index >= 15 is 0 Å². The van der Waals surface area contributed by atoms with Gasteiger partial charge in [-0.15, -0.1) is 6.58 Å². The lowest BCUT2D eigenvalue weighted by molar-refractivity contribution is -0.141. The quantitative estimate of drug-likeness (QED) is 0.806. The van der Waals surface area contributed by atoms with Gasteiger partial charge in [0.05, 0.1) is 11.4 Å². The monoisotopic (exact) mass is 230 g/mol. The van der Waals surface area contributed by atoms with Crippen molar-refractivity contribution in [1.29, 1.82) is 0 Å². The molecule has 0 spiro atoms. The Morgan fingerprint density at radius 2 is 2.06 bits per heavy atom. The summed E-state index contributed by atoms with van der Waals surface area (Å²) in [6.45, 7) is 7.19. The Balaban J connectivity index is 3.12. The minimum Gasteiger partial charge on any atom is -0.380 e. The highest BCUT2D eigenvalue weighted by Crippen LogP contribution is 2.31. The van der Waals surface area contributed by atoms with E-state index < -0.39 is 11.9 Å². The lowest BCUT2D eigenvalue weighted by atomic mass is 10.1. The van der Waals surface area contributed by atoms with Crippen molar-refractivity contribution in [3.05, 3.63) is 35.7 Å². The van der Waals surface area contributed by atoms with Gasteiger partial charge in [-0.25, -0.2) is 4.98 Å². The summed E-state index contributed by atoms with van der Waals surface area (Å²) in [5, 5.41) is 2.96. The highest BCUT2D eigenvalue weighted by Gasteiger charge is 2.33. The zero-order valence-electron chi connectivity index (χ0n) is 9.15. The van der Waals surface area contributed by atoms with Gasteiger partial charge in [-0.3, -0.25) is 0 Å². The molecule has 16 heavy (non-hydrogen) atoms. The fraction of sp³-hybridized carbons (Fsp3) is 0.364. The van der Waals surface area contributed by atoms with Crippen LogP contribution >= 0.6 is 0 Å². The van der Waals surface area contributed by atoms with Crippen LogP contribution in [0.4, 0.5) is 18.9 Å². The lowest BCUT2D eigenvalue weighted by Crippen LogP contribution is -2.12. The van der Waals surface area contributed by atoms with Crippen LogP contribution in [0.25, 0.3) is 0 Å². The largest absolute Gasteiger partial charge is 0.433 e. The second-order valence-electron chi connectivity index (χ2n) is 3.45. The van der Waals surface area contributed by atoms with Crippen LogP contribution in [-0.4, -0.2) is 11.5 Å². The highest BCUT2D eigenvalue weighted by molar-refractivity contribution is 5.55. The molecule has 0 aromatic carbocycles. The Morgan fingerprint density at radius 1 is 1.44 bits per heavy atom. The number of rotatable bonds is 3. The number of nitrogens with one attached hydrogen (secondary N) is 1. The number of anilines is 1. The highest BCUT2D eigenvalue weighted by atomic mass is 19.4. The topological polar surface area (TPSA) is 24.9 Å². The van der Waals surface area contributed by atoms with E-state index in [-0.39, 0.29) is 0 Å². The van der Waals surface area contributed by atoms with Crippen LogP contribution < -0.4 is 5.32 Å². The summed E-state index contributed by atoms with van der Waals surface area (Å²) in [6.07, 6.45) is -2.76. The van der Waals surface area contributed by atoms with Crippen molar-refractivity contribution in [2.75, 3.05) is 11.9 Å². The van der Waals surface area contributed by atoms with E-state index in [4.69, 9.17) is 0 Å². The van der Waals surface area contributed by atoms with E-state index in [1.54, 1.807) is 19.9 Å². The maximum absolute atomic E-state index is 12.4. The number of nitrogens with zero attached hydrogens (tertiary/aromatic N) is 1. The molecule has 88 valence electrons. The molecule has 2 nitrogen and oxygen atoms in total. The fourth-order valence-corrected chi connectivity index (χ4v) is 1.42. The van der Waals surface area contributed by atoms with E-state index in [9.17, 15) is 13.2 Å². The molecule has 0 saturated carbocycles. The van der Waals surface area contributed by atoms with Gasteiger partial charge in [0.1, 0.15) is 5.69 Å². The minimum atomic E-state index is -4.40. The molecule has 5 heteroatoms. The average Bonchev–Trinajstić information content (AvgIpc) is 2.15. The molecule has 0 fully saturated rings. The van der Waals surface area contributed by atoms with Gasteiger partial charge in [-0.1, -0.05) is 6.08 Å². The third-order valence-corrected chi connectivity index (χ3v) is 2.11. The van der Waals surface area contributed by atoms with Crippen molar-refractivity contribution in [3.63, 3.8) is 0 Å². The minimum absolute atomic E-state index is 0.342. The van der Waals surface area contributed by atoms with Gasteiger partial charge in [0.15, 0.2) is 0 Å². The molecule has 0 radical (unpaired) electrons. The van der Waals surface area contributed by atoms with Crippen molar-refractivity contribution >= 4 is 5.69 Å². The SMILES string of the molecule is C=CCNc1c(C)cc(C(F)(F)F)nc1C. The van der Waals surface area contributed by atoms with Crippen molar-refractivity contribution < 1.29 is 13.2 Å². The van der Waals surface area contributed by atoms with Gasteiger partial charge in [0, 0.05) is 6.54 Å². The molecular formula is C11H13F3N2. The van der Waals surface area contributed by atoms with E-state index in [2.05, 4.69) is 16.9 Å². The second-order valence-corrected chi connectivity index (χ2v) is 3.45. The number of aromatic nitrogens is 1. The Morgan fingerprint density at radius 3 is 2.50 bits per heavy atom. The number of halogens is 3. The van der Waals surface area contributed by atoms with Crippen molar-refractivity contribution in [1.82, 2.24) is 4.98 Å². The second kappa shape index (κ2) is 4.55. The number of hydrogen-bond acceptors (Lipinski definition) is 2. The Labute approximate surface area is 92.2 Å². The Hall–Kier alpha value is -1.52. The van der Waals surface area contributed by atoms with Gasteiger partial charge < -0.3 is 5.32 Å². The molecule has 0 bridgehead atoms. The van der Waals surface area contributed by atoms with Crippen molar-refractivity contribution in [2.45, 2.75) is 20.0 Å². The van der Waals surface area contributed by atoms with Crippen LogP contribution in [-0.2, 0) is 6.18 Å². The molecule has 1 heterocycles. The molecule has 0 amide bonds. The summed E-state index contributed by atoms with van der Waals surface area (Å²) in [4.78, 5) is 3.54. The van der Waals surface area contributed by atoms with Gasteiger partial charge in [-0.05, 0) is 25.5 Å². The molecule has 1 N–H and O–H groups in total. The van der Waals surface area contributed by atoms with Gasteiger partial charge in [-0.2, -0.15) is 13.2 Å². The normalized spacial score (nSPS) is 11.3. The van der Waals surface area contributed by atoms with Gasteiger partial charge >= 0.3 is 6.18 Å². The Kier molecular flexibility index (Phi) is 3.57. The number of pyridine rings is 1. The predicted molar refractivity (Wildman–Crippen MR) is 57.4 cm³/mol. The Bertz CT molecular complexity index is 374. The summed E-state index contributed by atoms with van der Waals surface area (Å²) < 4.78 is 37.3. The first kappa shape index (κ1) is 12.5. The number of hydrogen-bond donors (Lipinski definition) is 1. The average molecular weight is 230 g/mol. The summed E-state index contributed by atoms with van der Waals surface area (Å²) >= 11 is 0. The molecule has 0 aliphatic rings. The van der Waals surface area contributed by atoms with Crippen LogP contribution in [0.2, 0.25) is 0 Å². The molecule has 0 saturated heterocycles. The molecule has 0 atom stereocenters. The first-order valence-corrected chi connectivity index (χ1v) is 4.76. The third kappa shape index (κ3) is 2.74. The molecular weight excluding hydrogens is 217 g/mol. The molecule has 1 aromatic heterocycles. The van der Waals surface area contributed by atoms with E-state index in [1.807, 2.05) is 0 Å². The third-order valence-electron chi connectivity index (χ3n) is 2.11. The van der Waals surface area contributed by atoms with Gasteiger partial charge in [0.2, 0.25) is 0 Å². The zero-order valence-corrected chi connectivity index (χ0v) is 9.15. The maximum atomic E-state index is 12.4. The van der Waals surface area contributed by atoms with Gasteiger partial charge in [0.25, 0.3) is 0 Å². The van der Waals surface area contributed by atoms with Crippen LogP contribution in [0, 0.1) is 13.8 Å². The molecule has 1 rings (SSSR count). The number of aryl methyl sites for hydroxylation is 2. The molecule has 0 unspecified atom stereocenters. The summed E-state index contributed by atoms with van der Waals surface area (Å²) in [7, 11) is 0.